The van der Waals surface area contributed by atoms with Crippen LogP contribution in [0.25, 0.3) is 0 Å². The monoisotopic (exact) mass is 265 g/mol. The number of hydrogen-bond acceptors (Lipinski definition) is 4. The minimum absolute atomic E-state index is 0.0565. The summed E-state index contributed by atoms with van der Waals surface area (Å²) in [7, 11) is 0. The second kappa shape index (κ2) is 4.61. The van der Waals surface area contributed by atoms with E-state index in [-0.39, 0.29) is 18.0 Å². The van der Waals surface area contributed by atoms with Crippen LogP contribution in [0.2, 0.25) is 0 Å². The number of nitrogens with zero attached hydrogens (tertiary/aromatic N) is 2. The van der Waals surface area contributed by atoms with E-state index in [1.54, 1.807) is 0 Å². The predicted molar refractivity (Wildman–Crippen MR) is 55.9 cm³/mol. The SMILES string of the molecule is O=C(c1ccns1)N1CCNCC1C(F)(F)F. The molecule has 1 aromatic rings. The first-order valence-electron chi connectivity index (χ1n) is 4.99. The summed E-state index contributed by atoms with van der Waals surface area (Å²) in [6, 6.07) is -0.325. The van der Waals surface area contributed by atoms with E-state index in [0.29, 0.717) is 6.54 Å². The van der Waals surface area contributed by atoms with Crippen LogP contribution in [0.3, 0.4) is 0 Å². The van der Waals surface area contributed by atoms with Gasteiger partial charge in [-0.05, 0) is 17.6 Å². The number of amides is 1. The van der Waals surface area contributed by atoms with E-state index in [2.05, 4.69) is 9.69 Å². The molecule has 8 heteroatoms. The molecular weight excluding hydrogens is 255 g/mol. The van der Waals surface area contributed by atoms with Gasteiger partial charge in [0, 0.05) is 25.8 Å². The van der Waals surface area contributed by atoms with Gasteiger partial charge in [-0.3, -0.25) is 4.79 Å². The topological polar surface area (TPSA) is 45.2 Å². The second-order valence-corrected chi connectivity index (χ2v) is 4.47. The molecule has 0 spiro atoms. The molecule has 0 saturated carbocycles. The largest absolute Gasteiger partial charge is 0.410 e. The van der Waals surface area contributed by atoms with Crippen molar-refractivity contribution in [2.75, 3.05) is 19.6 Å². The highest BCUT2D eigenvalue weighted by molar-refractivity contribution is 7.08. The molecule has 0 aromatic carbocycles. The number of nitrogens with one attached hydrogen (secondary N) is 1. The molecule has 1 amide bonds. The van der Waals surface area contributed by atoms with Gasteiger partial charge >= 0.3 is 6.18 Å². The van der Waals surface area contributed by atoms with Gasteiger partial charge in [-0.1, -0.05) is 0 Å². The number of carbonyl (C=O) groups excluding carboxylic acids is 1. The van der Waals surface area contributed by atoms with Crippen LogP contribution in [0.4, 0.5) is 13.2 Å². The highest BCUT2D eigenvalue weighted by Gasteiger charge is 2.46. The summed E-state index contributed by atoms with van der Waals surface area (Å²) < 4.78 is 42.0. The molecule has 4 nitrogen and oxygen atoms in total. The summed E-state index contributed by atoms with van der Waals surface area (Å²) in [6.07, 6.45) is -3.00. The van der Waals surface area contributed by atoms with E-state index >= 15 is 0 Å². The molecule has 1 unspecified atom stereocenters. The van der Waals surface area contributed by atoms with Gasteiger partial charge in [-0.25, -0.2) is 4.37 Å². The van der Waals surface area contributed by atoms with Gasteiger partial charge in [-0.15, -0.1) is 0 Å². The number of halogens is 3. The smallest absolute Gasteiger partial charge is 0.323 e. The molecule has 1 N–H and O–H groups in total. The fourth-order valence-corrected chi connectivity index (χ4v) is 2.26. The minimum Gasteiger partial charge on any atom is -0.323 e. The van der Waals surface area contributed by atoms with Crippen LogP contribution in [0.15, 0.2) is 12.3 Å². The summed E-state index contributed by atoms with van der Waals surface area (Å²) >= 11 is 0.908. The summed E-state index contributed by atoms with van der Waals surface area (Å²) in [5.41, 5.74) is 0. The Morgan fingerprint density at radius 2 is 2.35 bits per heavy atom. The number of alkyl halides is 3. The Bertz CT molecular complexity index is 393. The summed E-state index contributed by atoms with van der Waals surface area (Å²) in [4.78, 5) is 13.0. The Morgan fingerprint density at radius 1 is 1.59 bits per heavy atom. The molecule has 0 aliphatic carbocycles. The van der Waals surface area contributed by atoms with Crippen molar-refractivity contribution < 1.29 is 18.0 Å². The van der Waals surface area contributed by atoms with Gasteiger partial charge in [0.25, 0.3) is 5.91 Å². The third-order valence-electron chi connectivity index (χ3n) is 2.53. The summed E-state index contributed by atoms with van der Waals surface area (Å²) in [5.74, 6) is -0.601. The molecule has 0 bridgehead atoms. The van der Waals surface area contributed by atoms with E-state index in [9.17, 15) is 18.0 Å². The van der Waals surface area contributed by atoms with Crippen molar-refractivity contribution in [1.29, 1.82) is 0 Å². The maximum Gasteiger partial charge on any atom is 0.410 e. The molecule has 1 aliphatic heterocycles. The first-order valence-corrected chi connectivity index (χ1v) is 5.76. The zero-order chi connectivity index (χ0) is 12.5. The molecule has 0 radical (unpaired) electrons. The molecule has 1 fully saturated rings. The molecule has 94 valence electrons. The molecule has 1 saturated heterocycles. The fourth-order valence-electron chi connectivity index (χ4n) is 1.71. The zero-order valence-electron chi connectivity index (χ0n) is 8.70. The van der Waals surface area contributed by atoms with Gasteiger partial charge in [0.2, 0.25) is 0 Å². The molecule has 1 aromatic heterocycles. The Labute approximate surface area is 99.6 Å². The van der Waals surface area contributed by atoms with Crippen LogP contribution in [0.5, 0.6) is 0 Å². The Hall–Kier alpha value is -1.15. The number of carbonyl (C=O) groups is 1. The average Bonchev–Trinajstić information content (AvgIpc) is 2.80. The maximum absolute atomic E-state index is 12.7. The lowest BCUT2D eigenvalue weighted by Gasteiger charge is -2.36. The third kappa shape index (κ3) is 2.58. The number of hydrogen-bond donors (Lipinski definition) is 1. The standard InChI is InChI=1S/C9H10F3N3OS/c10-9(11,12)7-5-13-3-4-15(7)8(16)6-1-2-14-17-6/h1-2,7,13H,3-5H2. The molecule has 2 heterocycles. The lowest BCUT2D eigenvalue weighted by molar-refractivity contribution is -0.179. The Morgan fingerprint density at radius 3 is 2.94 bits per heavy atom. The van der Waals surface area contributed by atoms with Crippen molar-refractivity contribution in [3.05, 3.63) is 17.1 Å². The Balaban J connectivity index is 2.20. The number of aromatic nitrogens is 1. The van der Waals surface area contributed by atoms with Crippen LogP contribution in [-0.2, 0) is 0 Å². The van der Waals surface area contributed by atoms with Crippen molar-refractivity contribution in [2.24, 2.45) is 0 Å². The van der Waals surface area contributed by atoms with E-state index in [1.165, 1.54) is 12.3 Å². The van der Waals surface area contributed by atoms with Crippen LogP contribution in [0, 0.1) is 0 Å². The maximum atomic E-state index is 12.7. The zero-order valence-corrected chi connectivity index (χ0v) is 9.51. The number of rotatable bonds is 1. The number of piperazine rings is 1. The Kier molecular flexibility index (Phi) is 3.34. The first-order chi connectivity index (χ1) is 8.00. The van der Waals surface area contributed by atoms with Crippen LogP contribution >= 0.6 is 11.5 Å². The minimum atomic E-state index is -4.41. The van der Waals surface area contributed by atoms with Gasteiger partial charge in [0.1, 0.15) is 10.9 Å². The highest BCUT2D eigenvalue weighted by Crippen LogP contribution is 2.27. The van der Waals surface area contributed by atoms with Crippen molar-refractivity contribution >= 4 is 17.4 Å². The van der Waals surface area contributed by atoms with Crippen molar-refractivity contribution in [2.45, 2.75) is 12.2 Å². The lowest BCUT2D eigenvalue weighted by atomic mass is 10.1. The van der Waals surface area contributed by atoms with E-state index in [0.717, 1.165) is 16.4 Å². The molecular formula is C9H10F3N3OS. The predicted octanol–water partition coefficient (Wildman–Crippen LogP) is 1.12. The molecule has 2 rings (SSSR count). The summed E-state index contributed by atoms with van der Waals surface area (Å²) in [5, 5.41) is 2.65. The normalized spacial score (nSPS) is 21.6. The van der Waals surface area contributed by atoms with Gasteiger partial charge in [0.15, 0.2) is 0 Å². The molecule has 1 aliphatic rings. The van der Waals surface area contributed by atoms with E-state index in [4.69, 9.17) is 0 Å². The van der Waals surface area contributed by atoms with Gasteiger partial charge in [-0.2, -0.15) is 13.2 Å². The third-order valence-corrected chi connectivity index (χ3v) is 3.27. The van der Waals surface area contributed by atoms with E-state index < -0.39 is 18.1 Å². The fraction of sp³-hybridized carbons (Fsp3) is 0.556. The quantitative estimate of drug-likeness (QED) is 0.827. The van der Waals surface area contributed by atoms with E-state index in [1.807, 2.05) is 0 Å². The van der Waals surface area contributed by atoms with Crippen molar-refractivity contribution in [1.82, 2.24) is 14.6 Å². The first kappa shape index (κ1) is 12.3. The van der Waals surface area contributed by atoms with Crippen LogP contribution in [0.1, 0.15) is 9.67 Å². The lowest BCUT2D eigenvalue weighted by Crippen LogP contribution is -2.59. The second-order valence-electron chi connectivity index (χ2n) is 3.64. The average molecular weight is 265 g/mol. The van der Waals surface area contributed by atoms with Crippen molar-refractivity contribution in [3.8, 4) is 0 Å². The van der Waals surface area contributed by atoms with Gasteiger partial charge < -0.3 is 10.2 Å². The van der Waals surface area contributed by atoms with Gasteiger partial charge in [0.05, 0.1) is 0 Å². The van der Waals surface area contributed by atoms with Crippen LogP contribution < -0.4 is 5.32 Å². The molecule has 1 atom stereocenters. The molecule has 17 heavy (non-hydrogen) atoms. The van der Waals surface area contributed by atoms with Crippen molar-refractivity contribution in [3.63, 3.8) is 0 Å². The van der Waals surface area contributed by atoms with Crippen LogP contribution in [-0.4, -0.2) is 47.0 Å². The highest BCUT2D eigenvalue weighted by atomic mass is 32.1. The summed E-state index contributed by atoms with van der Waals surface area (Å²) in [6.45, 7) is 0.173.